The summed E-state index contributed by atoms with van der Waals surface area (Å²) in [5.41, 5.74) is 13.3. The van der Waals surface area contributed by atoms with E-state index in [2.05, 4.69) is 143 Å². The highest BCUT2D eigenvalue weighted by Gasteiger charge is 2.33. The quantitative estimate of drug-likeness (QED) is 0.0123. The second-order valence-corrected chi connectivity index (χ2v) is 27.6. The smallest absolute Gasteiger partial charge is 0.438 e. The number of benzene rings is 4. The number of aromatic amines is 1. The monoisotopic (exact) mass is 1600 g/mol. The molecular weight excluding hydrogens is 1520 g/mol. The highest BCUT2D eigenvalue weighted by atomic mass is 35.5. The number of anilines is 4. The molecule has 4 aromatic carbocycles. The highest BCUT2D eigenvalue weighted by Crippen LogP contribution is 2.37. The zero-order chi connectivity index (χ0) is 80.6. The van der Waals surface area contributed by atoms with Gasteiger partial charge in [0.15, 0.2) is 56.3 Å². The van der Waals surface area contributed by atoms with Gasteiger partial charge >= 0.3 is 11.2 Å². The Labute approximate surface area is 664 Å². The maximum Gasteiger partial charge on any atom is 0.438 e. The van der Waals surface area contributed by atoms with Crippen LogP contribution in [-0.4, -0.2) is 196 Å². The molecule has 0 bridgehead atoms. The number of carbonyl (C=O) groups is 1. The van der Waals surface area contributed by atoms with E-state index in [-0.39, 0.29) is 47.8 Å². The molecule has 4 aliphatic carbocycles. The molecule has 0 unspecified atom stereocenters. The van der Waals surface area contributed by atoms with Gasteiger partial charge < -0.3 is 60.4 Å². The van der Waals surface area contributed by atoms with Crippen LogP contribution in [-0.2, 0) is 4.74 Å². The zero-order valence-corrected chi connectivity index (χ0v) is 64.4. The molecule has 598 valence electrons. The largest absolute Gasteiger partial charge is 0.497 e. The van der Waals surface area contributed by atoms with Crippen LogP contribution in [0.15, 0.2) is 141 Å². The van der Waals surface area contributed by atoms with E-state index in [9.17, 15) is 9.59 Å². The first kappa shape index (κ1) is 78.5. The van der Waals surface area contributed by atoms with Crippen molar-refractivity contribution in [2.75, 3.05) is 56.3 Å². The molecule has 10 aromatic heterocycles. The Balaban J connectivity index is 0.000000125. The number of aromatic nitrogens is 24. The van der Waals surface area contributed by atoms with Crippen molar-refractivity contribution in [1.82, 2.24) is 120 Å². The summed E-state index contributed by atoms with van der Waals surface area (Å²) in [7, 11) is 6.51. The maximum absolute atomic E-state index is 11.2. The van der Waals surface area contributed by atoms with Crippen molar-refractivity contribution in [2.45, 2.75) is 127 Å². The van der Waals surface area contributed by atoms with Gasteiger partial charge in [-0.3, -0.25) is 9.51 Å². The van der Waals surface area contributed by atoms with Crippen molar-refractivity contribution in [3.8, 4) is 51.8 Å². The van der Waals surface area contributed by atoms with Crippen LogP contribution >= 0.6 is 11.6 Å². The summed E-state index contributed by atoms with van der Waals surface area (Å²) in [6.45, 7) is 3.85. The second kappa shape index (κ2) is 36.5. The number of nitrogens with one attached hydrogen (secondary N) is 5. The van der Waals surface area contributed by atoms with E-state index in [1.807, 2.05) is 104 Å². The SMILES string of the molecule is CCOC(=O)Cl.COc1ccc(-n2nnc3cnc(N[C@@H]4CC[C@H](/C(N)=N/O)C4)nc32)cc1.COc1ccc(-n2nnc3cnc(N[C@@H]4CC[C@H](C#N)C4)nc32)cc1.COc1ccc(-n2nnc3cnc(N[C@@H]4CC[C@H](c5noc(=O)[nH]5)C4)nc32)cc1.COc1ccc(-n2nnc3cnc(N[C@@H]4CC[C@H](c5noc(C)n5)C4)nc32)cc1. The number of hydrogen-bond acceptors (Lipinski definition) is 35. The highest BCUT2D eigenvalue weighted by molar-refractivity contribution is 6.61. The minimum atomic E-state index is -0.738. The fourth-order valence-corrected chi connectivity index (χ4v) is 14.0. The van der Waals surface area contributed by atoms with Gasteiger partial charge in [0.1, 0.15) is 28.8 Å². The van der Waals surface area contributed by atoms with Crippen LogP contribution < -0.4 is 51.7 Å². The Bertz CT molecular complexity index is 5770. The summed E-state index contributed by atoms with van der Waals surface area (Å²) >= 11 is 4.72. The second-order valence-electron chi connectivity index (χ2n) is 27.3. The lowest BCUT2D eigenvalue weighted by atomic mass is 10.1. The van der Waals surface area contributed by atoms with Crippen LogP contribution in [0.1, 0.15) is 113 Å². The van der Waals surface area contributed by atoms with Crippen molar-refractivity contribution in [1.29, 1.82) is 5.26 Å². The number of halogens is 1. The summed E-state index contributed by atoms with van der Waals surface area (Å²) < 4.78 is 41.4. The van der Waals surface area contributed by atoms with Crippen LogP contribution in [0.25, 0.3) is 67.4 Å². The minimum Gasteiger partial charge on any atom is -0.497 e. The van der Waals surface area contributed by atoms with E-state index in [4.69, 9.17) is 51.3 Å². The van der Waals surface area contributed by atoms with E-state index in [0.717, 1.165) is 129 Å². The molecule has 14 aromatic rings. The van der Waals surface area contributed by atoms with Gasteiger partial charge in [-0.05, 0) is 181 Å². The molecule has 8 N–H and O–H groups in total. The standard InChI is InChI=1S/C19H20N8O2.C18H18N8O3.C17H20N8O2.C17H17N7O.C3H5ClO2/c1-11-21-17(25-29-11)12-3-4-13(9-12)22-19-20-10-16-18(23-19)27(26-24-16)14-5-7-15(28-2)8-6-14;1-28-13-6-4-12(5-7-13)26-16-14(23-25-26)9-19-17(22-16)20-11-3-2-10(8-11)15-21-18(27)29-24-15;1-27-13-6-4-12(5-7-13)25-16-14(22-24-25)9-19-17(21-16)20-11-3-2-10(8-11)15(18)23-26;1-25-14-6-4-13(5-7-14)24-16-15(22-23-24)10-19-17(21-16)20-12-3-2-11(8-12)9-18;1-2-6-3(4)5/h5-8,10,12-13H,3-4,9H2,1-2H3,(H,20,22,23);4-7,9-11H,2-3,8H2,1H3,(H,19,20,22)(H,21,24,27);4-7,9-11,26H,2-3,8H2,1H3,(H2,18,23)(H,19,20,21);4-7,10-12H,2-3,8H2,1H3,(H,19,20,21);2H2,1H3/t12-,13+;2*10-,11+;11-,12+;/m0000./s1. The van der Waals surface area contributed by atoms with E-state index in [0.29, 0.717) is 92.7 Å². The molecular formula is C74H80ClN31O10. The first-order valence-corrected chi connectivity index (χ1v) is 37.5. The number of H-pyrrole nitrogens is 1. The van der Waals surface area contributed by atoms with Gasteiger partial charge in [0, 0.05) is 66.4 Å². The van der Waals surface area contributed by atoms with Crippen LogP contribution in [0.5, 0.6) is 23.0 Å². The molecule has 10 heterocycles. The van der Waals surface area contributed by atoms with Crippen molar-refractivity contribution in [2.24, 2.45) is 22.7 Å². The lowest BCUT2D eigenvalue weighted by Crippen LogP contribution is -2.24. The molecule has 4 aliphatic rings. The number of carbonyl (C=O) groups excluding carboxylic acids is 1. The lowest BCUT2D eigenvalue weighted by molar-refractivity contribution is 0.180. The van der Waals surface area contributed by atoms with Gasteiger partial charge in [-0.15, -0.1) is 20.4 Å². The molecule has 8 atom stereocenters. The third-order valence-corrected chi connectivity index (χ3v) is 19.9. The molecule has 42 heteroatoms. The molecule has 0 aliphatic heterocycles. The average Bonchev–Trinajstić information content (AvgIpc) is 1.66. The summed E-state index contributed by atoms with van der Waals surface area (Å²) in [6.07, 6.45) is 17.4. The van der Waals surface area contributed by atoms with Crippen molar-refractivity contribution >= 4 is 91.3 Å². The molecule has 116 heavy (non-hydrogen) atoms. The Hall–Kier alpha value is -14.2. The predicted octanol–water partition coefficient (Wildman–Crippen LogP) is 9.55. The fraction of sp³-hybridized carbons (Fsp3) is 0.365. The van der Waals surface area contributed by atoms with Gasteiger partial charge in [-0.1, -0.05) is 36.3 Å². The fourth-order valence-electron chi connectivity index (χ4n) is 13.9. The maximum atomic E-state index is 11.2. The third-order valence-electron chi connectivity index (χ3n) is 19.8. The summed E-state index contributed by atoms with van der Waals surface area (Å²) in [5.74, 6) is 7.55. The molecule has 0 spiro atoms. The summed E-state index contributed by atoms with van der Waals surface area (Å²) in [5, 5.41) is 75.6. The molecule has 4 fully saturated rings. The van der Waals surface area contributed by atoms with Crippen molar-refractivity contribution in [3.05, 3.63) is 150 Å². The van der Waals surface area contributed by atoms with E-state index in [1.54, 1.807) is 78.9 Å². The topological polar surface area (TPSA) is 518 Å². The Kier molecular flexibility index (Phi) is 24.7. The molecule has 0 amide bonds. The number of methoxy groups -OCH3 is 4. The molecule has 18 rings (SSSR count). The molecule has 4 saturated carbocycles. The van der Waals surface area contributed by atoms with E-state index < -0.39 is 11.2 Å². The Morgan fingerprint density at radius 1 is 0.534 bits per heavy atom. The first-order valence-electron chi connectivity index (χ1n) is 37.1. The first-order chi connectivity index (χ1) is 56.6. The lowest BCUT2D eigenvalue weighted by Gasteiger charge is -2.12. The zero-order valence-electron chi connectivity index (χ0n) is 63.6. The van der Waals surface area contributed by atoms with E-state index in [1.165, 1.54) is 0 Å². The number of oxime groups is 1. The van der Waals surface area contributed by atoms with Gasteiger partial charge in [-0.25, -0.2) is 29.5 Å². The number of nitrogens with zero attached hydrogens (tertiary/aromatic N) is 25. The van der Waals surface area contributed by atoms with Gasteiger partial charge in [0.05, 0.1) is 88.7 Å². The van der Waals surface area contributed by atoms with Crippen LogP contribution in [0.2, 0.25) is 0 Å². The number of amidine groups is 1. The normalized spacial score (nSPS) is 18.8. The number of hydrogen-bond donors (Lipinski definition) is 7. The van der Waals surface area contributed by atoms with E-state index >= 15 is 0 Å². The van der Waals surface area contributed by atoms with Crippen molar-refractivity contribution in [3.63, 3.8) is 0 Å². The number of ether oxygens (including phenoxy) is 5. The number of rotatable bonds is 20. The molecule has 0 saturated heterocycles. The number of aryl methyl sites for hydroxylation is 1. The minimum absolute atomic E-state index is 0.0720. The van der Waals surface area contributed by atoms with Gasteiger partial charge in [0.25, 0.3) is 0 Å². The molecule has 0 radical (unpaired) electrons. The average molecular weight is 1600 g/mol. The Morgan fingerprint density at radius 2 is 0.905 bits per heavy atom. The van der Waals surface area contributed by atoms with Crippen molar-refractivity contribution < 1.29 is 42.7 Å². The van der Waals surface area contributed by atoms with Crippen LogP contribution in [0.4, 0.5) is 28.6 Å². The number of fused-ring (bicyclic) bond motifs is 4. The van der Waals surface area contributed by atoms with Crippen LogP contribution in [0.3, 0.4) is 0 Å². The van der Waals surface area contributed by atoms with Gasteiger partial charge in [0.2, 0.25) is 29.7 Å². The predicted molar refractivity (Wildman–Crippen MR) is 420 cm³/mol. The Morgan fingerprint density at radius 3 is 1.23 bits per heavy atom. The molecule has 41 nitrogen and oxygen atoms in total. The third kappa shape index (κ3) is 18.9. The number of nitrogens with two attached hydrogens (primary N) is 1. The summed E-state index contributed by atoms with van der Waals surface area (Å²) in [4.78, 5) is 63.6. The van der Waals surface area contributed by atoms with Gasteiger partial charge in [-0.2, -0.15) is 48.9 Å². The summed E-state index contributed by atoms with van der Waals surface area (Å²) in [6, 6.07) is 33.2. The number of nitriles is 1. The van der Waals surface area contributed by atoms with Crippen LogP contribution in [0, 0.1) is 30.1 Å².